The summed E-state index contributed by atoms with van der Waals surface area (Å²) in [5.41, 5.74) is 3.78. The summed E-state index contributed by atoms with van der Waals surface area (Å²) in [6.45, 7) is 2.81. The molecule has 1 N–H and O–H groups in total. The third-order valence-electron chi connectivity index (χ3n) is 4.76. The number of thioether (sulfide) groups is 1. The van der Waals surface area contributed by atoms with Crippen molar-refractivity contribution < 1.29 is 14.3 Å². The summed E-state index contributed by atoms with van der Waals surface area (Å²) in [5.74, 6) is 2.27. The number of ether oxygens (including phenoxy) is 2. The number of nitrogens with one attached hydrogen (secondary N) is 1. The van der Waals surface area contributed by atoms with Gasteiger partial charge in [-0.25, -0.2) is 9.66 Å². The number of nitrogens with zero attached hydrogens (tertiary/aromatic N) is 5. The van der Waals surface area contributed by atoms with E-state index in [1.165, 1.54) is 28.7 Å². The molecule has 5 rings (SSSR count). The Kier molecular flexibility index (Phi) is 4.94. The van der Waals surface area contributed by atoms with Crippen molar-refractivity contribution in [2.75, 3.05) is 18.6 Å². The highest BCUT2D eigenvalue weighted by atomic mass is 32.2. The maximum Gasteiger partial charge on any atom is 0.280 e. The van der Waals surface area contributed by atoms with E-state index in [-0.39, 0.29) is 17.9 Å². The first kappa shape index (κ1) is 19.4. The van der Waals surface area contributed by atoms with Crippen molar-refractivity contribution in [1.29, 1.82) is 0 Å². The maximum atomic E-state index is 12.7. The van der Waals surface area contributed by atoms with E-state index in [4.69, 9.17) is 9.47 Å². The molecule has 10 nitrogen and oxygen atoms in total. The fraction of sp³-hybridized carbons (Fsp3) is 0.250. The fourth-order valence-electron chi connectivity index (χ4n) is 3.19. The van der Waals surface area contributed by atoms with Gasteiger partial charge in [-0.2, -0.15) is 9.50 Å². The maximum absolute atomic E-state index is 12.7. The molecule has 0 unspecified atom stereocenters. The minimum Gasteiger partial charge on any atom is -0.486 e. The molecule has 0 spiro atoms. The minimum atomic E-state index is -0.380. The van der Waals surface area contributed by atoms with Gasteiger partial charge in [0.25, 0.3) is 11.3 Å². The number of pyridine rings is 1. The molecular formula is C20H18N6O4S. The third-order valence-corrected chi connectivity index (χ3v) is 5.66. The van der Waals surface area contributed by atoms with Crippen molar-refractivity contribution in [3.05, 3.63) is 52.6 Å². The molecule has 4 aromatic rings. The van der Waals surface area contributed by atoms with Gasteiger partial charge in [-0.05, 0) is 23.8 Å². The zero-order valence-electron chi connectivity index (χ0n) is 16.6. The van der Waals surface area contributed by atoms with Gasteiger partial charge in [-0.1, -0.05) is 24.8 Å². The fourth-order valence-corrected chi connectivity index (χ4v) is 3.95. The van der Waals surface area contributed by atoms with Crippen LogP contribution in [0.1, 0.15) is 18.9 Å². The van der Waals surface area contributed by atoms with Crippen LogP contribution >= 0.6 is 11.8 Å². The summed E-state index contributed by atoms with van der Waals surface area (Å²) in [6, 6.07) is 7.54. The van der Waals surface area contributed by atoms with Crippen LogP contribution in [0.2, 0.25) is 0 Å². The van der Waals surface area contributed by atoms with Crippen LogP contribution in [-0.2, 0) is 10.5 Å². The van der Waals surface area contributed by atoms with Gasteiger partial charge in [0.05, 0.1) is 10.9 Å². The van der Waals surface area contributed by atoms with Crippen molar-refractivity contribution >= 4 is 34.3 Å². The Labute approximate surface area is 180 Å². The summed E-state index contributed by atoms with van der Waals surface area (Å²) in [5, 5.41) is 5.38. The van der Waals surface area contributed by atoms with Crippen LogP contribution in [0, 0.1) is 0 Å². The Balaban J connectivity index is 1.42. The largest absolute Gasteiger partial charge is 0.486 e. The lowest BCUT2D eigenvalue weighted by atomic mass is 10.2. The van der Waals surface area contributed by atoms with Crippen molar-refractivity contribution in [1.82, 2.24) is 24.3 Å². The molecule has 11 heteroatoms. The SMILES string of the molecule is CCC(=O)Nn1ccc2c(cnc3nc(SCc4ccc5c(c4)OCCO5)nn32)c1=O. The van der Waals surface area contributed by atoms with E-state index in [0.29, 0.717) is 40.8 Å². The predicted octanol–water partition coefficient (Wildman–Crippen LogP) is 1.98. The van der Waals surface area contributed by atoms with Crippen LogP contribution in [0.15, 0.2) is 46.6 Å². The van der Waals surface area contributed by atoms with Crippen LogP contribution in [0.3, 0.4) is 0 Å². The van der Waals surface area contributed by atoms with Gasteiger partial charge in [0.1, 0.15) is 13.2 Å². The number of carbonyl (C=O) groups is 1. The first-order valence-corrected chi connectivity index (χ1v) is 10.7. The number of fused-ring (bicyclic) bond motifs is 4. The molecule has 1 amide bonds. The number of hydrogen-bond acceptors (Lipinski definition) is 8. The Morgan fingerprint density at radius 2 is 2.06 bits per heavy atom. The Morgan fingerprint density at radius 1 is 1.23 bits per heavy atom. The average molecular weight is 438 g/mol. The molecule has 1 aliphatic heterocycles. The van der Waals surface area contributed by atoms with E-state index < -0.39 is 0 Å². The summed E-state index contributed by atoms with van der Waals surface area (Å²) < 4.78 is 13.9. The third kappa shape index (κ3) is 3.67. The monoisotopic (exact) mass is 438 g/mol. The van der Waals surface area contributed by atoms with Gasteiger partial charge >= 0.3 is 0 Å². The molecule has 1 aliphatic rings. The van der Waals surface area contributed by atoms with Crippen molar-refractivity contribution in [2.24, 2.45) is 0 Å². The average Bonchev–Trinajstić information content (AvgIpc) is 3.22. The summed E-state index contributed by atoms with van der Waals surface area (Å²) >= 11 is 1.46. The van der Waals surface area contributed by atoms with Crippen LogP contribution < -0.4 is 20.5 Å². The quantitative estimate of drug-likeness (QED) is 0.471. The van der Waals surface area contributed by atoms with E-state index in [1.807, 2.05) is 18.2 Å². The summed E-state index contributed by atoms with van der Waals surface area (Å²) in [6.07, 6.45) is 3.22. The summed E-state index contributed by atoms with van der Waals surface area (Å²) in [4.78, 5) is 33.0. The first-order chi connectivity index (χ1) is 15.1. The van der Waals surface area contributed by atoms with Gasteiger partial charge in [0.15, 0.2) is 11.5 Å². The Morgan fingerprint density at radius 3 is 2.90 bits per heavy atom. The van der Waals surface area contributed by atoms with E-state index in [2.05, 4.69) is 20.5 Å². The molecular weight excluding hydrogens is 420 g/mol. The molecule has 0 saturated carbocycles. The summed E-state index contributed by atoms with van der Waals surface area (Å²) in [7, 11) is 0. The van der Waals surface area contributed by atoms with Crippen molar-refractivity contribution in [2.45, 2.75) is 24.3 Å². The van der Waals surface area contributed by atoms with E-state index >= 15 is 0 Å². The molecule has 1 aromatic carbocycles. The van der Waals surface area contributed by atoms with Crippen LogP contribution in [0.4, 0.5) is 0 Å². The van der Waals surface area contributed by atoms with E-state index in [1.54, 1.807) is 13.0 Å². The van der Waals surface area contributed by atoms with Crippen molar-refractivity contribution in [3.63, 3.8) is 0 Å². The lowest BCUT2D eigenvalue weighted by Gasteiger charge is -2.18. The van der Waals surface area contributed by atoms with E-state index in [0.717, 1.165) is 21.7 Å². The zero-order valence-corrected chi connectivity index (χ0v) is 17.4. The molecule has 158 valence electrons. The Bertz CT molecular complexity index is 1370. The second kappa shape index (κ2) is 7.91. The molecule has 0 radical (unpaired) electrons. The molecule has 0 saturated heterocycles. The molecule has 0 aliphatic carbocycles. The van der Waals surface area contributed by atoms with Crippen LogP contribution in [-0.4, -0.2) is 43.4 Å². The lowest BCUT2D eigenvalue weighted by molar-refractivity contribution is -0.116. The molecule has 0 fully saturated rings. The molecule has 0 bridgehead atoms. The van der Waals surface area contributed by atoms with Gasteiger partial charge in [0, 0.05) is 24.6 Å². The molecule has 3 aromatic heterocycles. The number of aromatic nitrogens is 5. The normalized spacial score (nSPS) is 12.9. The van der Waals surface area contributed by atoms with Crippen LogP contribution in [0.25, 0.3) is 16.7 Å². The van der Waals surface area contributed by atoms with Gasteiger partial charge in [-0.3, -0.25) is 15.0 Å². The second-order valence-electron chi connectivity index (χ2n) is 6.81. The predicted molar refractivity (Wildman–Crippen MR) is 114 cm³/mol. The smallest absolute Gasteiger partial charge is 0.280 e. The lowest BCUT2D eigenvalue weighted by Crippen LogP contribution is -2.32. The zero-order chi connectivity index (χ0) is 21.4. The highest BCUT2D eigenvalue weighted by Gasteiger charge is 2.14. The number of rotatable bonds is 5. The molecule has 0 atom stereocenters. The highest BCUT2D eigenvalue weighted by molar-refractivity contribution is 7.98. The number of amides is 1. The second-order valence-corrected chi connectivity index (χ2v) is 7.75. The topological polar surface area (TPSA) is 113 Å². The van der Waals surface area contributed by atoms with Gasteiger partial charge in [-0.15, -0.1) is 5.10 Å². The number of carbonyl (C=O) groups excluding carboxylic acids is 1. The minimum absolute atomic E-state index is 0.255. The van der Waals surface area contributed by atoms with Gasteiger partial charge < -0.3 is 9.47 Å². The number of benzene rings is 1. The highest BCUT2D eigenvalue weighted by Crippen LogP contribution is 2.32. The number of hydrogen-bond donors (Lipinski definition) is 1. The van der Waals surface area contributed by atoms with Gasteiger partial charge in [0.2, 0.25) is 11.1 Å². The Hall–Kier alpha value is -3.60. The van der Waals surface area contributed by atoms with E-state index in [9.17, 15) is 9.59 Å². The standard InChI is InChI=1S/C20H18N6O4S/c1-2-17(27)23-25-6-5-14-13(18(25)28)10-21-19-22-20(24-26(14)19)31-11-12-3-4-15-16(9-12)30-8-7-29-15/h3-6,9-10H,2,7-8,11H2,1H3,(H,23,27). The molecule has 4 heterocycles. The van der Waals surface area contributed by atoms with Crippen molar-refractivity contribution in [3.8, 4) is 11.5 Å². The first-order valence-electron chi connectivity index (χ1n) is 9.70. The molecule has 31 heavy (non-hydrogen) atoms. The van der Waals surface area contributed by atoms with Crippen LogP contribution in [0.5, 0.6) is 11.5 Å².